The van der Waals surface area contributed by atoms with Gasteiger partial charge in [-0.1, -0.05) is 6.07 Å². The van der Waals surface area contributed by atoms with E-state index >= 15 is 0 Å². The van der Waals surface area contributed by atoms with Crippen LogP contribution in [-0.4, -0.2) is 36.3 Å². The molecule has 0 amide bonds. The number of halogens is 3. The average molecular weight is 319 g/mol. The van der Waals surface area contributed by atoms with E-state index < -0.39 is 18.1 Å². The molecule has 1 aromatic carbocycles. The smallest absolute Gasteiger partial charge is 0.405 e. The largest absolute Gasteiger partial charge is 0.573 e. The van der Waals surface area contributed by atoms with Crippen LogP contribution >= 0.6 is 11.8 Å². The second kappa shape index (κ2) is 5.97. The van der Waals surface area contributed by atoms with Crippen molar-refractivity contribution in [2.75, 3.05) is 12.0 Å². The Bertz CT molecular complexity index is 587. The molecule has 1 aromatic rings. The first-order valence-electron chi connectivity index (χ1n) is 6.00. The minimum absolute atomic E-state index is 0.0202. The molecule has 0 aromatic heterocycles. The molecule has 0 spiro atoms. The number of carbonyl (C=O) groups is 1. The molecule has 0 bridgehead atoms. The van der Waals surface area contributed by atoms with Crippen molar-refractivity contribution in [2.45, 2.75) is 19.3 Å². The first kappa shape index (κ1) is 15.7. The van der Waals surface area contributed by atoms with Crippen molar-refractivity contribution in [1.82, 2.24) is 0 Å². The van der Waals surface area contributed by atoms with Crippen molar-refractivity contribution < 1.29 is 27.4 Å². The third kappa shape index (κ3) is 3.69. The highest BCUT2D eigenvalue weighted by molar-refractivity contribution is 7.98. The highest BCUT2D eigenvalue weighted by atomic mass is 32.2. The number of carbonyl (C=O) groups excluding carboxylic acids is 1. The number of thioether (sulfide) groups is 1. The molecule has 0 aliphatic carbocycles. The van der Waals surface area contributed by atoms with Gasteiger partial charge in [-0.3, -0.25) is 0 Å². The number of ether oxygens (including phenoxy) is 2. The Balaban J connectivity index is 2.44. The van der Waals surface area contributed by atoms with E-state index in [4.69, 9.17) is 4.74 Å². The van der Waals surface area contributed by atoms with Gasteiger partial charge in [-0.25, -0.2) is 9.79 Å². The molecule has 1 aliphatic heterocycles. The summed E-state index contributed by atoms with van der Waals surface area (Å²) in [5.74, 6) is -0.691. The Labute approximate surface area is 123 Å². The summed E-state index contributed by atoms with van der Waals surface area (Å²) in [6, 6.07) is 3.61. The molecule has 21 heavy (non-hydrogen) atoms. The quantitative estimate of drug-likeness (QED) is 0.799. The molecule has 4 nitrogen and oxygen atoms in total. The first-order valence-corrected chi connectivity index (χ1v) is 7.39. The highest BCUT2D eigenvalue weighted by Crippen LogP contribution is 2.33. The summed E-state index contributed by atoms with van der Waals surface area (Å²) >= 11 is 1.53. The molecule has 2 rings (SSSR count). The summed E-state index contributed by atoms with van der Waals surface area (Å²) < 4.78 is 46.2. The van der Waals surface area contributed by atoms with Crippen molar-refractivity contribution in [3.05, 3.63) is 29.3 Å². The molecular weight excluding hydrogens is 307 g/mol. The van der Waals surface area contributed by atoms with E-state index in [2.05, 4.69) is 9.73 Å². The summed E-state index contributed by atoms with van der Waals surface area (Å²) in [6.45, 7) is 1.78. The number of alkyl halides is 3. The second-order valence-corrected chi connectivity index (χ2v) is 5.27. The van der Waals surface area contributed by atoms with E-state index in [0.717, 1.165) is 6.07 Å². The molecule has 0 N–H and O–H groups in total. The topological polar surface area (TPSA) is 47.9 Å². The van der Waals surface area contributed by atoms with Gasteiger partial charge in [0.1, 0.15) is 5.75 Å². The number of fused-ring (bicyclic) bond motifs is 1. The van der Waals surface area contributed by atoms with Crippen molar-refractivity contribution in [3.8, 4) is 5.75 Å². The lowest BCUT2D eigenvalue weighted by atomic mass is 10.1. The van der Waals surface area contributed by atoms with Gasteiger partial charge in [-0.15, -0.1) is 13.2 Å². The van der Waals surface area contributed by atoms with Crippen LogP contribution in [0.3, 0.4) is 0 Å². The zero-order valence-corrected chi connectivity index (χ0v) is 12.0. The number of rotatable bonds is 4. The van der Waals surface area contributed by atoms with Crippen molar-refractivity contribution in [1.29, 1.82) is 0 Å². The first-order chi connectivity index (χ1) is 9.81. The van der Waals surface area contributed by atoms with Crippen LogP contribution in [0.1, 0.15) is 22.8 Å². The van der Waals surface area contributed by atoms with Gasteiger partial charge in [0.25, 0.3) is 0 Å². The van der Waals surface area contributed by atoms with E-state index in [9.17, 15) is 18.0 Å². The Morgan fingerprint density at radius 3 is 2.76 bits per heavy atom. The molecule has 0 saturated heterocycles. The summed E-state index contributed by atoms with van der Waals surface area (Å²) in [4.78, 5) is 15.8. The van der Waals surface area contributed by atoms with E-state index in [1.807, 2.05) is 6.26 Å². The van der Waals surface area contributed by atoms with Gasteiger partial charge < -0.3 is 9.47 Å². The van der Waals surface area contributed by atoms with E-state index in [1.165, 1.54) is 23.9 Å². The summed E-state index contributed by atoms with van der Waals surface area (Å²) in [5.41, 5.74) is -0.0281. The van der Waals surface area contributed by atoms with Gasteiger partial charge in [0.15, 0.2) is 0 Å². The Kier molecular flexibility index (Phi) is 4.46. The third-order valence-electron chi connectivity index (χ3n) is 2.62. The third-order valence-corrected chi connectivity index (χ3v) is 3.44. The maximum atomic E-state index is 12.4. The number of cyclic esters (lactones) is 1. The molecular formula is C13H12F3NO3S. The van der Waals surface area contributed by atoms with Crippen molar-refractivity contribution in [2.24, 2.45) is 4.99 Å². The molecule has 1 heterocycles. The number of aliphatic imine (C=N–C) groups is 1. The Morgan fingerprint density at radius 2 is 2.14 bits per heavy atom. The van der Waals surface area contributed by atoms with E-state index in [-0.39, 0.29) is 23.1 Å². The van der Waals surface area contributed by atoms with Gasteiger partial charge in [-0.05, 0) is 25.3 Å². The summed E-state index contributed by atoms with van der Waals surface area (Å²) in [6.07, 6.45) is -2.97. The molecule has 0 fully saturated rings. The minimum Gasteiger partial charge on any atom is -0.405 e. The lowest BCUT2D eigenvalue weighted by Crippen LogP contribution is -2.19. The maximum Gasteiger partial charge on any atom is 0.573 e. The second-order valence-electron chi connectivity index (χ2n) is 4.35. The standard InChI is InChI=1S/C13H12F3NO3S/c1-7(6-21-2)17-11-10-8(12(18)19-11)4-3-5-9(10)20-13(14,15)16/h3-5,7H,6H2,1-2H3/b17-11+/t7-/m0/s1. The highest BCUT2D eigenvalue weighted by Gasteiger charge is 2.37. The fraction of sp³-hybridized carbons (Fsp3) is 0.385. The molecule has 1 aliphatic rings. The zero-order valence-electron chi connectivity index (χ0n) is 11.2. The number of benzene rings is 1. The average Bonchev–Trinajstić information content (AvgIpc) is 2.66. The lowest BCUT2D eigenvalue weighted by Gasteiger charge is -2.12. The van der Waals surface area contributed by atoms with Crippen LogP contribution in [0.4, 0.5) is 13.2 Å². The summed E-state index contributed by atoms with van der Waals surface area (Å²) in [7, 11) is 0. The molecule has 0 saturated carbocycles. The van der Waals surface area contributed by atoms with Crippen molar-refractivity contribution >= 4 is 23.6 Å². The predicted molar refractivity (Wildman–Crippen MR) is 72.9 cm³/mol. The Hall–Kier alpha value is -1.70. The number of hydrogen-bond donors (Lipinski definition) is 0. The van der Waals surface area contributed by atoms with Gasteiger partial charge in [0.05, 0.1) is 17.2 Å². The van der Waals surface area contributed by atoms with E-state index in [1.54, 1.807) is 6.92 Å². The van der Waals surface area contributed by atoms with Crippen LogP contribution in [0.5, 0.6) is 5.75 Å². The fourth-order valence-corrected chi connectivity index (χ4v) is 2.45. The molecule has 1 atom stereocenters. The monoisotopic (exact) mass is 319 g/mol. The van der Waals surface area contributed by atoms with Gasteiger partial charge in [0.2, 0.25) is 5.90 Å². The number of esters is 1. The van der Waals surface area contributed by atoms with Crippen LogP contribution in [0.15, 0.2) is 23.2 Å². The van der Waals surface area contributed by atoms with Crippen LogP contribution < -0.4 is 4.74 Å². The van der Waals surface area contributed by atoms with Crippen LogP contribution in [-0.2, 0) is 4.74 Å². The predicted octanol–water partition coefficient (Wildman–Crippen LogP) is 3.25. The van der Waals surface area contributed by atoms with Crippen LogP contribution in [0, 0.1) is 0 Å². The summed E-state index contributed by atoms with van der Waals surface area (Å²) in [5, 5.41) is 0. The molecule has 0 radical (unpaired) electrons. The lowest BCUT2D eigenvalue weighted by molar-refractivity contribution is -0.274. The fourth-order valence-electron chi connectivity index (χ4n) is 1.89. The van der Waals surface area contributed by atoms with Gasteiger partial charge in [0, 0.05) is 5.75 Å². The number of hydrogen-bond acceptors (Lipinski definition) is 5. The maximum absolute atomic E-state index is 12.4. The minimum atomic E-state index is -4.85. The molecule has 114 valence electrons. The Morgan fingerprint density at radius 1 is 1.43 bits per heavy atom. The number of nitrogens with zero attached hydrogens (tertiary/aromatic N) is 1. The van der Waals surface area contributed by atoms with Gasteiger partial charge in [-0.2, -0.15) is 11.8 Å². The normalized spacial score (nSPS) is 17.6. The van der Waals surface area contributed by atoms with Crippen LogP contribution in [0.2, 0.25) is 0 Å². The SMILES string of the molecule is CSC[C@H](C)/N=C1/OC(=O)c2cccc(OC(F)(F)F)c21. The van der Waals surface area contributed by atoms with Crippen LogP contribution in [0.25, 0.3) is 0 Å². The molecule has 8 heteroatoms. The zero-order chi connectivity index (χ0) is 15.6. The van der Waals surface area contributed by atoms with E-state index in [0.29, 0.717) is 5.75 Å². The van der Waals surface area contributed by atoms with Crippen molar-refractivity contribution in [3.63, 3.8) is 0 Å². The van der Waals surface area contributed by atoms with Gasteiger partial charge >= 0.3 is 12.3 Å². The molecule has 0 unspecified atom stereocenters.